The van der Waals surface area contributed by atoms with Crippen LogP contribution in [0, 0.1) is 13.8 Å². The molecule has 0 aliphatic heterocycles. The van der Waals surface area contributed by atoms with E-state index in [1.165, 1.54) is 18.2 Å². The van der Waals surface area contributed by atoms with E-state index in [1.54, 1.807) is 0 Å². The fourth-order valence-electron chi connectivity index (χ4n) is 1.48. The number of rotatable bonds is 4. The first-order chi connectivity index (χ1) is 7.11. The first-order valence-corrected chi connectivity index (χ1v) is 4.83. The van der Waals surface area contributed by atoms with Crippen molar-refractivity contribution < 1.29 is 14.3 Å². The second-order valence-corrected chi connectivity index (χ2v) is 3.59. The molecule has 3 nitrogen and oxygen atoms in total. The molecule has 0 N–H and O–H groups in total. The number of hydrogen-bond acceptors (Lipinski definition) is 3. The van der Waals surface area contributed by atoms with Crippen molar-refractivity contribution >= 4 is 5.97 Å². The van der Waals surface area contributed by atoms with E-state index in [-0.39, 0.29) is 12.6 Å². The Morgan fingerprint density at radius 1 is 1.20 bits per heavy atom. The molecule has 1 rings (SSSR count). The molecule has 1 aromatic rings. The second-order valence-electron chi connectivity index (χ2n) is 3.59. The van der Waals surface area contributed by atoms with E-state index >= 15 is 0 Å². The molecular formula is C12H16O3. The Morgan fingerprint density at radius 2 is 1.80 bits per heavy atom. The minimum Gasteiger partial charge on any atom is -0.459 e. The van der Waals surface area contributed by atoms with Crippen molar-refractivity contribution in [2.24, 2.45) is 0 Å². The maximum atomic E-state index is 11.0. The van der Waals surface area contributed by atoms with Gasteiger partial charge in [0, 0.05) is 7.11 Å². The van der Waals surface area contributed by atoms with Crippen LogP contribution in [0.5, 0.6) is 0 Å². The van der Waals surface area contributed by atoms with E-state index < -0.39 is 0 Å². The van der Waals surface area contributed by atoms with Crippen LogP contribution in [0.4, 0.5) is 0 Å². The van der Waals surface area contributed by atoms with Crippen LogP contribution in [-0.4, -0.2) is 19.7 Å². The van der Waals surface area contributed by atoms with Crippen LogP contribution in [0.1, 0.15) is 16.7 Å². The Hall–Kier alpha value is -1.35. The molecule has 0 fully saturated rings. The van der Waals surface area contributed by atoms with Crippen LogP contribution in [0.25, 0.3) is 0 Å². The third-order valence-electron chi connectivity index (χ3n) is 1.94. The first kappa shape index (κ1) is 11.7. The van der Waals surface area contributed by atoms with Crippen LogP contribution in [0.3, 0.4) is 0 Å². The van der Waals surface area contributed by atoms with E-state index in [1.807, 2.05) is 26.0 Å². The molecule has 15 heavy (non-hydrogen) atoms. The second kappa shape index (κ2) is 5.51. The maximum Gasteiger partial charge on any atom is 0.332 e. The summed E-state index contributed by atoms with van der Waals surface area (Å²) in [6, 6.07) is 6.10. The molecule has 0 aliphatic rings. The largest absolute Gasteiger partial charge is 0.459 e. The van der Waals surface area contributed by atoms with Gasteiger partial charge in [0.05, 0.1) is 0 Å². The van der Waals surface area contributed by atoms with Crippen LogP contribution < -0.4 is 0 Å². The van der Waals surface area contributed by atoms with E-state index in [2.05, 4.69) is 10.8 Å². The predicted molar refractivity (Wildman–Crippen MR) is 57.6 cm³/mol. The Morgan fingerprint density at radius 3 is 2.33 bits per heavy atom. The lowest BCUT2D eigenvalue weighted by Gasteiger charge is -2.06. The first-order valence-electron chi connectivity index (χ1n) is 4.83. The minimum atomic E-state index is -0.336. The summed E-state index contributed by atoms with van der Waals surface area (Å²) >= 11 is 0. The lowest BCUT2D eigenvalue weighted by molar-refractivity contribution is -0.149. The van der Waals surface area contributed by atoms with Crippen LogP contribution in [0.15, 0.2) is 18.2 Å². The number of aryl methyl sites for hydroxylation is 2. The van der Waals surface area contributed by atoms with Crippen LogP contribution in [-0.2, 0) is 20.9 Å². The molecule has 0 spiro atoms. The Kier molecular flexibility index (Phi) is 4.31. The SMILES string of the molecule is COCC(=O)OCc1cc(C)cc(C)c1. The summed E-state index contributed by atoms with van der Waals surface area (Å²) in [5.41, 5.74) is 3.36. The average molecular weight is 208 g/mol. The third kappa shape index (κ3) is 4.13. The highest BCUT2D eigenvalue weighted by molar-refractivity contribution is 5.70. The third-order valence-corrected chi connectivity index (χ3v) is 1.94. The van der Waals surface area contributed by atoms with Gasteiger partial charge in [-0.3, -0.25) is 0 Å². The highest BCUT2D eigenvalue weighted by Gasteiger charge is 2.02. The van der Waals surface area contributed by atoms with Crippen molar-refractivity contribution in [1.82, 2.24) is 0 Å². The number of methoxy groups -OCH3 is 1. The standard InChI is InChI=1S/C12H16O3/c1-9-4-10(2)6-11(5-9)7-15-12(13)8-14-3/h4-6H,7-8H2,1-3H3. The topological polar surface area (TPSA) is 35.5 Å². The fourth-order valence-corrected chi connectivity index (χ4v) is 1.48. The van der Waals surface area contributed by atoms with Crippen molar-refractivity contribution in [2.45, 2.75) is 20.5 Å². The summed E-state index contributed by atoms with van der Waals surface area (Å²) in [5, 5.41) is 0. The van der Waals surface area contributed by atoms with Gasteiger partial charge in [-0.25, -0.2) is 4.79 Å². The Balaban J connectivity index is 2.54. The summed E-state index contributed by atoms with van der Waals surface area (Å²) in [6.07, 6.45) is 0. The van der Waals surface area contributed by atoms with Crippen molar-refractivity contribution in [1.29, 1.82) is 0 Å². The minimum absolute atomic E-state index is 0.00476. The number of ether oxygens (including phenoxy) is 2. The summed E-state index contributed by atoms with van der Waals surface area (Å²) in [6.45, 7) is 4.36. The van der Waals surface area contributed by atoms with E-state index in [0.717, 1.165) is 5.56 Å². The predicted octanol–water partition coefficient (Wildman–Crippen LogP) is 1.99. The van der Waals surface area contributed by atoms with E-state index in [0.29, 0.717) is 6.61 Å². The molecular weight excluding hydrogens is 192 g/mol. The van der Waals surface area contributed by atoms with Crippen LogP contribution in [0.2, 0.25) is 0 Å². The zero-order chi connectivity index (χ0) is 11.3. The van der Waals surface area contributed by atoms with E-state index in [4.69, 9.17) is 4.74 Å². The summed E-state index contributed by atoms with van der Waals surface area (Å²) in [5.74, 6) is -0.336. The molecule has 0 heterocycles. The lowest BCUT2D eigenvalue weighted by Crippen LogP contribution is -2.10. The molecule has 0 saturated heterocycles. The summed E-state index contributed by atoms with van der Waals surface area (Å²) in [7, 11) is 1.47. The number of carbonyl (C=O) groups excluding carboxylic acids is 1. The molecule has 0 atom stereocenters. The molecule has 0 bridgehead atoms. The zero-order valence-electron chi connectivity index (χ0n) is 9.37. The van der Waals surface area contributed by atoms with Gasteiger partial charge < -0.3 is 9.47 Å². The molecule has 0 aliphatic carbocycles. The fraction of sp³-hybridized carbons (Fsp3) is 0.417. The number of esters is 1. The Bertz CT molecular complexity index is 324. The van der Waals surface area contributed by atoms with Gasteiger partial charge >= 0.3 is 5.97 Å². The number of hydrogen-bond donors (Lipinski definition) is 0. The van der Waals surface area contributed by atoms with Crippen molar-refractivity contribution in [2.75, 3.05) is 13.7 Å². The van der Waals surface area contributed by atoms with Gasteiger partial charge in [0.25, 0.3) is 0 Å². The maximum absolute atomic E-state index is 11.0. The molecule has 3 heteroatoms. The summed E-state index contributed by atoms with van der Waals surface area (Å²) < 4.78 is 9.68. The molecule has 0 saturated carbocycles. The van der Waals surface area contributed by atoms with Crippen molar-refractivity contribution in [3.63, 3.8) is 0 Å². The lowest BCUT2D eigenvalue weighted by atomic mass is 10.1. The molecule has 82 valence electrons. The highest BCUT2D eigenvalue weighted by atomic mass is 16.6. The van der Waals surface area contributed by atoms with Crippen molar-refractivity contribution in [3.8, 4) is 0 Å². The van der Waals surface area contributed by atoms with Gasteiger partial charge in [-0.15, -0.1) is 0 Å². The highest BCUT2D eigenvalue weighted by Crippen LogP contribution is 2.09. The normalized spacial score (nSPS) is 10.1. The quantitative estimate of drug-likeness (QED) is 0.710. The molecule has 1 aromatic carbocycles. The molecule has 0 radical (unpaired) electrons. The van der Waals surface area contributed by atoms with Gasteiger partial charge in [-0.1, -0.05) is 29.3 Å². The molecule has 0 aromatic heterocycles. The number of carbonyl (C=O) groups is 1. The van der Waals surface area contributed by atoms with Gasteiger partial charge in [-0.2, -0.15) is 0 Å². The van der Waals surface area contributed by atoms with Gasteiger partial charge in [-0.05, 0) is 19.4 Å². The molecule has 0 amide bonds. The van der Waals surface area contributed by atoms with Gasteiger partial charge in [0.1, 0.15) is 13.2 Å². The number of benzene rings is 1. The van der Waals surface area contributed by atoms with Crippen molar-refractivity contribution in [3.05, 3.63) is 34.9 Å². The average Bonchev–Trinajstić information content (AvgIpc) is 2.14. The van der Waals surface area contributed by atoms with E-state index in [9.17, 15) is 4.79 Å². The smallest absolute Gasteiger partial charge is 0.332 e. The summed E-state index contributed by atoms with van der Waals surface area (Å²) in [4.78, 5) is 11.0. The Labute approximate surface area is 90.0 Å². The zero-order valence-corrected chi connectivity index (χ0v) is 9.37. The van der Waals surface area contributed by atoms with Gasteiger partial charge in [0.15, 0.2) is 0 Å². The van der Waals surface area contributed by atoms with Gasteiger partial charge in [0.2, 0.25) is 0 Å². The van der Waals surface area contributed by atoms with Crippen LogP contribution >= 0.6 is 0 Å². The monoisotopic (exact) mass is 208 g/mol. The molecule has 0 unspecified atom stereocenters.